The zero-order valence-electron chi connectivity index (χ0n) is 8.42. The molecule has 1 N–H and O–H groups in total. The first-order chi connectivity index (χ1) is 7.27. The van der Waals surface area contributed by atoms with Crippen LogP contribution in [0.4, 0.5) is 8.78 Å². The van der Waals surface area contributed by atoms with Gasteiger partial charge >= 0.3 is 0 Å². The highest BCUT2D eigenvalue weighted by molar-refractivity contribution is 4.98. The van der Waals surface area contributed by atoms with E-state index in [2.05, 4.69) is 15.5 Å². The first kappa shape index (κ1) is 10.5. The summed E-state index contributed by atoms with van der Waals surface area (Å²) in [7, 11) is 0. The number of alkyl halides is 2. The van der Waals surface area contributed by atoms with Gasteiger partial charge in [-0.25, -0.2) is 8.78 Å². The van der Waals surface area contributed by atoms with E-state index in [-0.39, 0.29) is 6.54 Å². The van der Waals surface area contributed by atoms with Gasteiger partial charge in [0.15, 0.2) is 0 Å². The molecule has 0 saturated carbocycles. The maximum atomic E-state index is 11.9. The molecule has 0 amide bonds. The lowest BCUT2D eigenvalue weighted by atomic mass is 10.2. The van der Waals surface area contributed by atoms with Crippen molar-refractivity contribution >= 4 is 0 Å². The van der Waals surface area contributed by atoms with E-state index in [1.54, 1.807) is 0 Å². The molecule has 0 radical (unpaired) electrons. The molecule has 1 aliphatic heterocycles. The summed E-state index contributed by atoms with van der Waals surface area (Å²) < 4.78 is 25.8. The molecule has 0 atom stereocenters. The Bertz CT molecular complexity index is 324. The predicted octanol–water partition coefficient (Wildman–Crippen LogP) is 0.969. The summed E-state index contributed by atoms with van der Waals surface area (Å²) in [4.78, 5) is 0. The van der Waals surface area contributed by atoms with Gasteiger partial charge in [-0.2, -0.15) is 0 Å². The van der Waals surface area contributed by atoms with Crippen molar-refractivity contribution in [2.75, 3.05) is 6.54 Å². The van der Waals surface area contributed by atoms with E-state index in [0.717, 1.165) is 37.5 Å². The maximum absolute atomic E-state index is 11.9. The fraction of sp³-hybridized carbons (Fsp3) is 0.778. The second-order valence-corrected chi connectivity index (χ2v) is 3.66. The molecule has 1 aromatic rings. The Morgan fingerprint density at radius 1 is 1.33 bits per heavy atom. The highest BCUT2D eigenvalue weighted by Crippen LogP contribution is 2.13. The highest BCUT2D eigenvalue weighted by Gasteiger charge is 2.15. The van der Waals surface area contributed by atoms with Gasteiger partial charge in [0.25, 0.3) is 6.43 Å². The monoisotopic (exact) mass is 216 g/mol. The Labute approximate surface area is 86.7 Å². The van der Waals surface area contributed by atoms with Crippen LogP contribution in [0, 0.1) is 0 Å². The summed E-state index contributed by atoms with van der Waals surface area (Å²) in [5, 5.41) is 10.7. The van der Waals surface area contributed by atoms with Crippen LogP contribution < -0.4 is 5.32 Å². The third-order valence-electron chi connectivity index (χ3n) is 2.52. The zero-order chi connectivity index (χ0) is 10.7. The van der Waals surface area contributed by atoms with Gasteiger partial charge in [-0.05, 0) is 12.8 Å². The Morgan fingerprint density at radius 2 is 2.20 bits per heavy atom. The molecule has 0 fully saturated rings. The number of aromatic nitrogens is 3. The lowest BCUT2D eigenvalue weighted by Gasteiger charge is -2.14. The van der Waals surface area contributed by atoms with E-state index < -0.39 is 6.43 Å². The van der Waals surface area contributed by atoms with E-state index in [1.807, 2.05) is 4.57 Å². The van der Waals surface area contributed by atoms with E-state index in [0.29, 0.717) is 6.54 Å². The van der Waals surface area contributed by atoms with Gasteiger partial charge in [-0.3, -0.25) is 0 Å². The summed E-state index contributed by atoms with van der Waals surface area (Å²) in [6, 6.07) is 0. The van der Waals surface area contributed by atoms with Gasteiger partial charge in [0.05, 0.1) is 13.1 Å². The molecule has 0 aliphatic carbocycles. The lowest BCUT2D eigenvalue weighted by Crippen LogP contribution is -2.23. The summed E-state index contributed by atoms with van der Waals surface area (Å²) in [5.41, 5.74) is 0. The Morgan fingerprint density at radius 3 is 3.00 bits per heavy atom. The average Bonchev–Trinajstić information content (AvgIpc) is 2.62. The molecule has 0 unspecified atom stereocenters. The lowest BCUT2D eigenvalue weighted by molar-refractivity contribution is 0.145. The molecule has 6 heteroatoms. The van der Waals surface area contributed by atoms with Crippen LogP contribution in [0.3, 0.4) is 0 Å². The third kappa shape index (κ3) is 2.50. The fourth-order valence-electron chi connectivity index (χ4n) is 1.79. The van der Waals surface area contributed by atoms with Crippen LogP contribution in [0.2, 0.25) is 0 Å². The number of halogens is 2. The molecular weight excluding hydrogens is 202 g/mol. The number of hydrogen-bond donors (Lipinski definition) is 1. The van der Waals surface area contributed by atoms with Gasteiger partial charge < -0.3 is 9.88 Å². The molecule has 0 spiro atoms. The van der Waals surface area contributed by atoms with Crippen LogP contribution in [0.5, 0.6) is 0 Å². The molecule has 0 saturated heterocycles. The Hall–Kier alpha value is -1.04. The minimum absolute atomic E-state index is 0.289. The number of nitrogens with one attached hydrogen (secondary N) is 1. The third-order valence-corrected chi connectivity index (χ3v) is 2.52. The van der Waals surface area contributed by atoms with Gasteiger partial charge in [-0.1, -0.05) is 0 Å². The Kier molecular flexibility index (Phi) is 3.25. The van der Waals surface area contributed by atoms with Crippen LogP contribution in [0.25, 0.3) is 0 Å². The van der Waals surface area contributed by atoms with Crippen molar-refractivity contribution in [3.63, 3.8) is 0 Å². The van der Waals surface area contributed by atoms with Gasteiger partial charge in [0.1, 0.15) is 11.6 Å². The normalized spacial score (nSPS) is 15.7. The van der Waals surface area contributed by atoms with Crippen molar-refractivity contribution in [1.82, 2.24) is 20.1 Å². The van der Waals surface area contributed by atoms with E-state index >= 15 is 0 Å². The van der Waals surface area contributed by atoms with Crippen molar-refractivity contribution in [2.24, 2.45) is 0 Å². The molecule has 84 valence electrons. The smallest absolute Gasteiger partial charge is 0.250 e. The van der Waals surface area contributed by atoms with Crippen molar-refractivity contribution < 1.29 is 8.78 Å². The first-order valence-corrected chi connectivity index (χ1v) is 5.17. The summed E-state index contributed by atoms with van der Waals surface area (Å²) in [6.07, 6.45) is 0.894. The second-order valence-electron chi connectivity index (χ2n) is 3.66. The molecule has 0 bridgehead atoms. The maximum Gasteiger partial charge on any atom is 0.250 e. The van der Waals surface area contributed by atoms with Crippen molar-refractivity contribution in [1.29, 1.82) is 0 Å². The van der Waals surface area contributed by atoms with Gasteiger partial charge in [0, 0.05) is 13.0 Å². The van der Waals surface area contributed by atoms with Crippen LogP contribution in [-0.2, 0) is 19.5 Å². The SMILES string of the molecule is FC(F)CNCc1nnc2n1CCCC2. The Balaban J connectivity index is 1.94. The van der Waals surface area contributed by atoms with E-state index in [1.165, 1.54) is 0 Å². The standard InChI is InChI=1S/C9H14F2N4/c10-7(11)5-12-6-9-14-13-8-3-1-2-4-15(8)9/h7,12H,1-6H2. The van der Waals surface area contributed by atoms with Crippen LogP contribution in [-0.4, -0.2) is 27.7 Å². The number of nitrogens with zero attached hydrogens (tertiary/aromatic N) is 3. The minimum Gasteiger partial charge on any atom is -0.314 e. The molecule has 4 nitrogen and oxygen atoms in total. The van der Waals surface area contributed by atoms with Gasteiger partial charge in [0.2, 0.25) is 0 Å². The molecule has 1 aliphatic rings. The predicted molar refractivity (Wildman–Crippen MR) is 50.7 cm³/mol. The highest BCUT2D eigenvalue weighted by atomic mass is 19.3. The molecule has 2 rings (SSSR count). The molecular formula is C9H14F2N4. The van der Waals surface area contributed by atoms with Crippen LogP contribution in [0.1, 0.15) is 24.5 Å². The number of hydrogen-bond acceptors (Lipinski definition) is 3. The van der Waals surface area contributed by atoms with Crippen molar-refractivity contribution in [3.05, 3.63) is 11.6 Å². The molecule has 1 aromatic heterocycles. The van der Waals surface area contributed by atoms with Crippen molar-refractivity contribution in [3.8, 4) is 0 Å². The number of aryl methyl sites for hydroxylation is 1. The van der Waals surface area contributed by atoms with Crippen LogP contribution in [0.15, 0.2) is 0 Å². The second kappa shape index (κ2) is 4.65. The van der Waals surface area contributed by atoms with Gasteiger partial charge in [-0.15, -0.1) is 10.2 Å². The summed E-state index contributed by atoms with van der Waals surface area (Å²) in [6.45, 7) is 0.994. The largest absolute Gasteiger partial charge is 0.314 e. The quantitative estimate of drug-likeness (QED) is 0.815. The first-order valence-electron chi connectivity index (χ1n) is 5.17. The minimum atomic E-state index is -2.31. The zero-order valence-corrected chi connectivity index (χ0v) is 8.42. The summed E-state index contributed by atoms with van der Waals surface area (Å²) >= 11 is 0. The van der Waals surface area contributed by atoms with Crippen molar-refractivity contribution in [2.45, 2.75) is 38.8 Å². The van der Waals surface area contributed by atoms with E-state index in [4.69, 9.17) is 0 Å². The molecule has 2 heterocycles. The van der Waals surface area contributed by atoms with E-state index in [9.17, 15) is 8.78 Å². The topological polar surface area (TPSA) is 42.7 Å². The fourth-order valence-corrected chi connectivity index (χ4v) is 1.79. The average molecular weight is 216 g/mol. The summed E-state index contributed by atoms with van der Waals surface area (Å²) in [5.74, 6) is 1.75. The number of fused-ring (bicyclic) bond motifs is 1. The molecule has 0 aromatic carbocycles. The molecule has 15 heavy (non-hydrogen) atoms. The van der Waals surface area contributed by atoms with Crippen LogP contribution >= 0.6 is 0 Å². The number of rotatable bonds is 4.